The van der Waals surface area contributed by atoms with Crippen LogP contribution < -0.4 is 9.64 Å². The number of rotatable bonds is 4. The van der Waals surface area contributed by atoms with Crippen molar-refractivity contribution >= 4 is 60.8 Å². The van der Waals surface area contributed by atoms with Crippen molar-refractivity contribution in [3.63, 3.8) is 0 Å². The first-order valence-electron chi connectivity index (χ1n) is 17.6. The third kappa shape index (κ3) is 4.41. The summed E-state index contributed by atoms with van der Waals surface area (Å²) >= 11 is 0. The molecule has 0 unspecified atom stereocenters. The Balaban J connectivity index is 0.962. The molecule has 4 heteroatoms. The van der Waals surface area contributed by atoms with Gasteiger partial charge in [0.1, 0.15) is 11.2 Å². The quantitative estimate of drug-likeness (QED) is 0.187. The molecule has 8 aromatic carbocycles. The van der Waals surface area contributed by atoms with Crippen LogP contribution in [0.1, 0.15) is 0 Å². The van der Waals surface area contributed by atoms with E-state index in [2.05, 4.69) is 161 Å². The van der Waals surface area contributed by atoms with Crippen LogP contribution >= 0.6 is 0 Å². The van der Waals surface area contributed by atoms with Gasteiger partial charge < -0.3 is 18.6 Å². The average Bonchev–Trinajstić information content (AvgIpc) is 3.75. The van der Waals surface area contributed by atoms with E-state index in [1.165, 1.54) is 32.9 Å². The summed E-state index contributed by atoms with van der Waals surface area (Å²) in [5.41, 5.74) is 13.0. The zero-order valence-corrected chi connectivity index (χ0v) is 28.0. The highest BCUT2D eigenvalue weighted by atomic mass is 16.5. The van der Waals surface area contributed by atoms with E-state index in [0.29, 0.717) is 0 Å². The number of nitrogens with zero attached hydrogens (tertiary/aromatic N) is 2. The zero-order chi connectivity index (χ0) is 34.2. The van der Waals surface area contributed by atoms with Gasteiger partial charge in [0.25, 0.3) is 0 Å². The molecule has 0 saturated heterocycles. The zero-order valence-electron chi connectivity index (χ0n) is 28.0. The van der Waals surface area contributed by atoms with Crippen molar-refractivity contribution in [2.24, 2.45) is 0 Å². The molecule has 0 atom stereocenters. The van der Waals surface area contributed by atoms with Gasteiger partial charge in [-0.2, -0.15) is 0 Å². The van der Waals surface area contributed by atoms with Crippen LogP contribution in [0.3, 0.4) is 0 Å². The minimum absolute atomic E-state index is 0.839. The third-order valence-electron chi connectivity index (χ3n) is 10.4. The summed E-state index contributed by atoms with van der Waals surface area (Å²) in [5.74, 6) is 1.68. The van der Waals surface area contributed by atoms with Gasteiger partial charge in [-0.3, -0.25) is 0 Å². The molecule has 0 amide bonds. The summed E-state index contributed by atoms with van der Waals surface area (Å²) in [7, 11) is 0. The Kier molecular flexibility index (Phi) is 6.22. The minimum atomic E-state index is 0.839. The van der Waals surface area contributed by atoms with E-state index in [1.54, 1.807) is 0 Å². The van der Waals surface area contributed by atoms with Crippen molar-refractivity contribution in [1.29, 1.82) is 0 Å². The highest BCUT2D eigenvalue weighted by Gasteiger charge is 2.26. The number of benzene rings is 8. The van der Waals surface area contributed by atoms with Gasteiger partial charge in [0.05, 0.1) is 22.4 Å². The summed E-state index contributed by atoms with van der Waals surface area (Å²) in [6, 6.07) is 64.3. The van der Waals surface area contributed by atoms with Crippen molar-refractivity contribution in [2.45, 2.75) is 0 Å². The van der Waals surface area contributed by atoms with Gasteiger partial charge in [0, 0.05) is 32.9 Å². The molecular weight excluding hydrogens is 637 g/mol. The van der Waals surface area contributed by atoms with Gasteiger partial charge >= 0.3 is 0 Å². The summed E-state index contributed by atoms with van der Waals surface area (Å²) in [6.07, 6.45) is 0. The van der Waals surface area contributed by atoms with Gasteiger partial charge in [-0.25, -0.2) is 0 Å². The Bertz CT molecular complexity index is 2990. The molecule has 1 aliphatic rings. The smallest absolute Gasteiger partial charge is 0.152 e. The molecule has 2 aromatic heterocycles. The lowest BCUT2D eigenvalue weighted by Gasteiger charge is -2.33. The van der Waals surface area contributed by atoms with Crippen molar-refractivity contribution in [1.82, 2.24) is 4.57 Å². The van der Waals surface area contributed by atoms with E-state index < -0.39 is 0 Å². The fourth-order valence-electron chi connectivity index (χ4n) is 7.93. The topological polar surface area (TPSA) is 30.5 Å². The van der Waals surface area contributed by atoms with Crippen LogP contribution in [0.4, 0.5) is 17.1 Å². The van der Waals surface area contributed by atoms with Crippen LogP contribution in [-0.4, -0.2) is 4.57 Å². The van der Waals surface area contributed by atoms with Crippen molar-refractivity contribution in [3.05, 3.63) is 182 Å². The maximum atomic E-state index is 6.48. The Morgan fingerprint density at radius 3 is 1.85 bits per heavy atom. The summed E-state index contributed by atoms with van der Waals surface area (Å²) < 4.78 is 15.0. The van der Waals surface area contributed by atoms with Gasteiger partial charge in [-0.05, 0) is 101 Å². The summed E-state index contributed by atoms with van der Waals surface area (Å²) in [6.45, 7) is 0. The number of fused-ring (bicyclic) bond motifs is 8. The molecule has 0 fully saturated rings. The number of hydrogen-bond donors (Lipinski definition) is 0. The van der Waals surface area contributed by atoms with E-state index >= 15 is 0 Å². The minimum Gasteiger partial charge on any atom is -0.456 e. The second-order valence-corrected chi connectivity index (χ2v) is 13.4. The number of para-hydroxylation sites is 5. The lowest BCUT2D eigenvalue weighted by Crippen LogP contribution is -2.15. The van der Waals surface area contributed by atoms with E-state index in [0.717, 1.165) is 67.3 Å². The predicted molar refractivity (Wildman–Crippen MR) is 214 cm³/mol. The SMILES string of the molecule is c1ccc(N2c3ccccc3Oc3cc(-c4ccc(-c5ccc6c(c5)c5ccccc5n6-c5ccc6oc7ccccc7c6c5)cc4)ccc32)cc1. The van der Waals surface area contributed by atoms with E-state index in [-0.39, 0.29) is 0 Å². The average molecular weight is 667 g/mol. The maximum absolute atomic E-state index is 6.48. The van der Waals surface area contributed by atoms with Gasteiger partial charge in [-0.15, -0.1) is 0 Å². The number of hydrogen-bond acceptors (Lipinski definition) is 3. The molecule has 0 N–H and O–H groups in total. The largest absolute Gasteiger partial charge is 0.456 e. The van der Waals surface area contributed by atoms with Gasteiger partial charge in [-0.1, -0.05) is 103 Å². The molecule has 52 heavy (non-hydrogen) atoms. The fraction of sp³-hybridized carbons (Fsp3) is 0. The molecule has 0 aliphatic carbocycles. The number of anilines is 3. The lowest BCUT2D eigenvalue weighted by atomic mass is 9.98. The van der Waals surface area contributed by atoms with Gasteiger partial charge in [0.2, 0.25) is 0 Å². The van der Waals surface area contributed by atoms with Gasteiger partial charge in [0.15, 0.2) is 11.5 Å². The number of furan rings is 1. The van der Waals surface area contributed by atoms with Crippen LogP contribution in [-0.2, 0) is 0 Å². The summed E-state index contributed by atoms with van der Waals surface area (Å²) in [5, 5.41) is 4.71. The van der Waals surface area contributed by atoms with Crippen LogP contribution in [0, 0.1) is 0 Å². The van der Waals surface area contributed by atoms with Crippen LogP contribution in [0.25, 0.3) is 71.7 Å². The van der Waals surface area contributed by atoms with E-state index in [4.69, 9.17) is 9.15 Å². The third-order valence-corrected chi connectivity index (χ3v) is 10.4. The first kappa shape index (κ1) is 28.8. The van der Waals surface area contributed by atoms with Crippen molar-refractivity contribution in [3.8, 4) is 39.4 Å². The molecule has 10 aromatic rings. The van der Waals surface area contributed by atoms with E-state index in [1.807, 2.05) is 30.3 Å². The fourth-order valence-corrected chi connectivity index (χ4v) is 7.93. The second kappa shape index (κ2) is 11.2. The summed E-state index contributed by atoms with van der Waals surface area (Å²) in [4.78, 5) is 2.27. The Morgan fingerprint density at radius 2 is 0.981 bits per heavy atom. The predicted octanol–water partition coefficient (Wildman–Crippen LogP) is 13.6. The molecule has 11 rings (SSSR count). The lowest BCUT2D eigenvalue weighted by molar-refractivity contribution is 0.477. The number of aromatic nitrogens is 1. The normalized spacial score (nSPS) is 12.3. The number of ether oxygens (including phenoxy) is 1. The standard InChI is InChI=1S/C48H30N2O2/c1-2-10-35(11-3-1)49-43-15-7-9-17-47(43)52-48-29-34(23-26-44(48)49)32-20-18-31(19-21-32)33-22-25-42-39(28-33)37-12-4-6-14-41(37)50(42)36-24-27-46-40(30-36)38-13-5-8-16-45(38)51-46/h1-30H. The Morgan fingerprint density at radius 1 is 0.346 bits per heavy atom. The first-order chi connectivity index (χ1) is 25.8. The molecule has 0 spiro atoms. The molecular formula is C48H30N2O2. The van der Waals surface area contributed by atoms with Crippen LogP contribution in [0.5, 0.6) is 11.5 Å². The molecule has 0 bridgehead atoms. The Hall–Kier alpha value is -7.04. The van der Waals surface area contributed by atoms with E-state index in [9.17, 15) is 0 Å². The maximum Gasteiger partial charge on any atom is 0.152 e. The van der Waals surface area contributed by atoms with Crippen molar-refractivity contribution in [2.75, 3.05) is 4.90 Å². The van der Waals surface area contributed by atoms with Crippen LogP contribution in [0.15, 0.2) is 186 Å². The molecule has 3 heterocycles. The molecule has 4 nitrogen and oxygen atoms in total. The highest BCUT2D eigenvalue weighted by molar-refractivity contribution is 6.11. The molecule has 0 saturated carbocycles. The molecule has 0 radical (unpaired) electrons. The van der Waals surface area contributed by atoms with Crippen LogP contribution in [0.2, 0.25) is 0 Å². The monoisotopic (exact) mass is 666 g/mol. The first-order valence-corrected chi connectivity index (χ1v) is 17.6. The molecule has 1 aliphatic heterocycles. The Labute approximate surface area is 300 Å². The molecule has 244 valence electrons. The highest BCUT2D eigenvalue weighted by Crippen LogP contribution is 2.51. The second-order valence-electron chi connectivity index (χ2n) is 13.4. The van der Waals surface area contributed by atoms with Crippen molar-refractivity contribution < 1.29 is 9.15 Å².